The molecule has 6 rings (SSSR count). The third kappa shape index (κ3) is 4.67. The zero-order valence-electron chi connectivity index (χ0n) is 29.0. The van der Waals surface area contributed by atoms with Crippen molar-refractivity contribution in [3.05, 3.63) is 41.1 Å². The highest BCUT2D eigenvalue weighted by Crippen LogP contribution is 2.75. The number of fused-ring (bicyclic) bond motifs is 7. The van der Waals surface area contributed by atoms with E-state index in [2.05, 4.69) is 46.9 Å². The number of ether oxygens (including phenoxy) is 1. The van der Waals surface area contributed by atoms with Crippen LogP contribution in [0.2, 0.25) is 0 Å². The minimum absolute atomic E-state index is 0.00122. The third-order valence-electron chi connectivity index (χ3n) is 14.8. The van der Waals surface area contributed by atoms with Crippen LogP contribution in [0.15, 0.2) is 35.9 Å². The summed E-state index contributed by atoms with van der Waals surface area (Å²) in [5.41, 5.74) is 0.123. The highest BCUT2D eigenvalue weighted by atomic mass is 16.8. The number of amides is 1. The number of para-hydroxylation sites is 2. The number of benzene rings is 1. The lowest BCUT2D eigenvalue weighted by Crippen LogP contribution is -2.99. The summed E-state index contributed by atoms with van der Waals surface area (Å²) in [5.74, 6) is 0.0973. The molecule has 0 radical (unpaired) electrons. The number of hydrogen-bond acceptors (Lipinski definition) is 6. The van der Waals surface area contributed by atoms with Crippen molar-refractivity contribution in [3.63, 3.8) is 0 Å². The molecule has 0 spiro atoms. The highest BCUT2D eigenvalue weighted by molar-refractivity contribution is 5.97. The Bertz CT molecular complexity index is 1480. The average molecular weight is 635 g/mol. The molecule has 5 aliphatic carbocycles. The second-order valence-electron chi connectivity index (χ2n) is 17.5. The molecule has 0 aromatic heterocycles. The van der Waals surface area contributed by atoms with Crippen molar-refractivity contribution in [2.75, 3.05) is 5.32 Å². The molecule has 1 amide bonds. The Morgan fingerprint density at radius 1 is 0.957 bits per heavy atom. The van der Waals surface area contributed by atoms with E-state index in [9.17, 15) is 24.8 Å². The summed E-state index contributed by atoms with van der Waals surface area (Å²) in [7, 11) is 0. The van der Waals surface area contributed by atoms with Gasteiger partial charge in [-0.05, 0) is 103 Å². The number of hydrogen-bond donors (Lipinski definition) is 3. The van der Waals surface area contributed by atoms with Crippen LogP contribution in [-0.2, 0) is 19.1 Å². The first-order valence-electron chi connectivity index (χ1n) is 17.4. The Hall–Kier alpha value is -2.55. The van der Waals surface area contributed by atoms with E-state index in [0.29, 0.717) is 12.1 Å². The second-order valence-corrected chi connectivity index (χ2v) is 17.5. The zero-order chi connectivity index (χ0) is 33.7. The van der Waals surface area contributed by atoms with E-state index >= 15 is 0 Å². The molecule has 0 aliphatic heterocycles. The van der Waals surface area contributed by atoms with E-state index in [1.54, 1.807) is 18.2 Å². The summed E-state index contributed by atoms with van der Waals surface area (Å²) < 4.78 is 5.86. The van der Waals surface area contributed by atoms with Crippen molar-refractivity contribution >= 4 is 29.0 Å². The molecule has 0 heterocycles. The number of carbonyl (C=O) groups excluding carboxylic acids is 3. The van der Waals surface area contributed by atoms with Crippen LogP contribution in [0.1, 0.15) is 113 Å². The molecule has 10 atom stereocenters. The van der Waals surface area contributed by atoms with E-state index in [-0.39, 0.29) is 74.3 Å². The number of ketones is 1. The summed E-state index contributed by atoms with van der Waals surface area (Å²) >= 11 is 0. The number of rotatable bonds is 4. The van der Waals surface area contributed by atoms with Crippen molar-refractivity contribution in [1.82, 2.24) is 0 Å². The highest BCUT2D eigenvalue weighted by Gasteiger charge is 2.70. The van der Waals surface area contributed by atoms with Crippen molar-refractivity contribution in [2.24, 2.45) is 50.2 Å². The minimum Gasteiger partial charge on any atom is -0.595 e. The summed E-state index contributed by atoms with van der Waals surface area (Å²) in [6.07, 6.45) is 9.78. The van der Waals surface area contributed by atoms with Crippen molar-refractivity contribution in [2.45, 2.75) is 119 Å². The maximum atomic E-state index is 14.7. The monoisotopic (exact) mass is 634 g/mol. The zero-order valence-corrected chi connectivity index (χ0v) is 29.0. The van der Waals surface area contributed by atoms with Gasteiger partial charge >= 0.3 is 5.97 Å². The van der Waals surface area contributed by atoms with E-state index < -0.39 is 10.6 Å². The Kier molecular flexibility index (Phi) is 7.78. The molecular formula is C38H54N2O6. The topological polar surface area (TPSA) is 120 Å². The smallest absolute Gasteiger partial charge is 0.302 e. The van der Waals surface area contributed by atoms with E-state index in [4.69, 9.17) is 4.74 Å². The van der Waals surface area contributed by atoms with Gasteiger partial charge in [0, 0.05) is 29.7 Å². The molecule has 0 bridgehead atoms. The fourth-order valence-electron chi connectivity index (χ4n) is 11.8. The standard InChI is InChI=1S/C38H54N2O6/c1-23(41)46-30-14-15-36(6)29(33(30,2)3)13-16-38(8)31(36)28(42)21-24-25-22-35(5,18-17-34(25,4)19-20-37(24,38)7)32(43)39-26-11-9-10-12-27(26)40(44)45/h9-12,21,25,29-31,40,44H,13-20,22H2,1-8H3,(H,39,43)/t25-,29+,30+,31+,34-,35+,36+,37+,38+/m0/s1. The van der Waals surface area contributed by atoms with Gasteiger partial charge in [0.25, 0.3) is 0 Å². The Morgan fingerprint density at radius 3 is 2.30 bits per heavy atom. The molecule has 0 saturated heterocycles. The number of allylic oxidation sites excluding steroid dienone is 2. The van der Waals surface area contributed by atoms with Crippen LogP contribution in [0.25, 0.3) is 0 Å². The van der Waals surface area contributed by atoms with Crippen LogP contribution < -0.4 is 10.5 Å². The lowest BCUT2D eigenvalue weighted by molar-refractivity contribution is -0.990. The number of carbonyl (C=O) groups is 3. The molecule has 4 fully saturated rings. The second kappa shape index (κ2) is 10.7. The summed E-state index contributed by atoms with van der Waals surface area (Å²) in [4.78, 5) is 40.7. The van der Waals surface area contributed by atoms with Crippen molar-refractivity contribution < 1.29 is 29.6 Å². The van der Waals surface area contributed by atoms with E-state index in [0.717, 1.165) is 51.4 Å². The van der Waals surface area contributed by atoms with Crippen LogP contribution in [-0.4, -0.2) is 29.0 Å². The van der Waals surface area contributed by atoms with Gasteiger partial charge < -0.3 is 15.3 Å². The van der Waals surface area contributed by atoms with Crippen molar-refractivity contribution in [1.29, 1.82) is 0 Å². The van der Waals surface area contributed by atoms with Gasteiger partial charge in [0.15, 0.2) is 11.5 Å². The molecule has 8 heteroatoms. The fourth-order valence-corrected chi connectivity index (χ4v) is 11.8. The van der Waals surface area contributed by atoms with Crippen molar-refractivity contribution in [3.8, 4) is 0 Å². The lowest BCUT2D eigenvalue weighted by atomic mass is 9.33. The first-order chi connectivity index (χ1) is 21.3. The molecule has 46 heavy (non-hydrogen) atoms. The number of nitrogens with one attached hydrogen (secondary N) is 2. The Morgan fingerprint density at radius 2 is 1.63 bits per heavy atom. The first-order valence-corrected chi connectivity index (χ1v) is 17.4. The number of quaternary nitrogens is 1. The van der Waals surface area contributed by atoms with Crippen LogP contribution in [0.5, 0.6) is 0 Å². The van der Waals surface area contributed by atoms with Gasteiger partial charge in [0.05, 0.1) is 0 Å². The third-order valence-corrected chi connectivity index (χ3v) is 14.8. The van der Waals surface area contributed by atoms with Crippen LogP contribution in [0.4, 0.5) is 11.4 Å². The summed E-state index contributed by atoms with van der Waals surface area (Å²) in [5, 5.41) is 23.5. The first kappa shape index (κ1) is 33.4. The molecule has 3 N–H and O–H groups in total. The summed E-state index contributed by atoms with van der Waals surface area (Å²) in [6.45, 7) is 17.5. The quantitative estimate of drug-likeness (QED) is 0.244. The van der Waals surface area contributed by atoms with Gasteiger partial charge in [-0.15, -0.1) is 0 Å². The van der Waals surface area contributed by atoms with Gasteiger partial charge in [-0.2, -0.15) is 5.23 Å². The van der Waals surface area contributed by atoms with Gasteiger partial charge in [0.1, 0.15) is 11.8 Å². The minimum atomic E-state index is -1.07. The van der Waals surface area contributed by atoms with Crippen LogP contribution >= 0.6 is 0 Å². The number of esters is 1. The molecule has 5 aliphatic rings. The molecule has 1 aromatic rings. The van der Waals surface area contributed by atoms with Gasteiger partial charge in [-0.3, -0.25) is 14.4 Å². The van der Waals surface area contributed by atoms with Crippen LogP contribution in [0, 0.1) is 55.5 Å². The van der Waals surface area contributed by atoms with E-state index in [1.165, 1.54) is 18.6 Å². The Labute approximate surface area is 274 Å². The van der Waals surface area contributed by atoms with Gasteiger partial charge in [-0.1, -0.05) is 66.2 Å². The molecular weight excluding hydrogens is 580 g/mol. The summed E-state index contributed by atoms with van der Waals surface area (Å²) in [6, 6.07) is 6.57. The maximum absolute atomic E-state index is 14.7. The average Bonchev–Trinajstić information content (AvgIpc) is 2.96. The van der Waals surface area contributed by atoms with Crippen LogP contribution in [0.3, 0.4) is 0 Å². The molecule has 1 aromatic carbocycles. The van der Waals surface area contributed by atoms with Gasteiger partial charge in [0.2, 0.25) is 5.91 Å². The molecule has 8 nitrogen and oxygen atoms in total. The molecule has 252 valence electrons. The van der Waals surface area contributed by atoms with Gasteiger partial charge in [-0.25, -0.2) is 5.21 Å². The fraction of sp³-hybridized carbons (Fsp3) is 0.711. The lowest BCUT2D eigenvalue weighted by Gasteiger charge is -2.70. The Balaban J connectivity index is 1.34. The predicted octanol–water partition coefficient (Wildman–Crippen LogP) is 6.94. The molecule has 4 saturated carbocycles. The van der Waals surface area contributed by atoms with E-state index in [1.807, 2.05) is 13.0 Å². The largest absolute Gasteiger partial charge is 0.595 e. The predicted molar refractivity (Wildman–Crippen MR) is 176 cm³/mol. The maximum Gasteiger partial charge on any atom is 0.302 e. The molecule has 1 unspecified atom stereocenters. The number of anilines is 1. The SMILES string of the molecule is CC(=O)O[C@@H]1CC[C@]2(C)[C@H](CC[C@]3(C)[C@@H]2C(=O)C=C2[C@@H]4C[C@](C)(C(=O)Nc5ccccc5[NH+]([O-])O)CC[C@@]4(C)CC[C@]23C)C1(C)C. The normalized spacial score (nSPS) is 43.5.